The molecule has 1 heterocycles. The fourth-order valence-corrected chi connectivity index (χ4v) is 3.36. The van der Waals surface area contributed by atoms with Crippen molar-refractivity contribution in [3.63, 3.8) is 0 Å². The molecule has 1 aliphatic heterocycles. The molecule has 2 atom stereocenters. The van der Waals surface area contributed by atoms with E-state index in [1.54, 1.807) is 0 Å². The van der Waals surface area contributed by atoms with Gasteiger partial charge in [-0.05, 0) is 42.9 Å². The molecule has 1 aromatic carbocycles. The van der Waals surface area contributed by atoms with E-state index in [1.807, 2.05) is 43.0 Å². The van der Waals surface area contributed by atoms with Gasteiger partial charge in [-0.1, -0.05) is 17.7 Å². The molecule has 0 aliphatic carbocycles. The first-order chi connectivity index (χ1) is 8.16. The highest BCUT2D eigenvalue weighted by atomic mass is 32.2. The monoisotopic (exact) mass is 250 g/mol. The van der Waals surface area contributed by atoms with Gasteiger partial charge in [0.05, 0.1) is 0 Å². The van der Waals surface area contributed by atoms with Gasteiger partial charge < -0.3 is 11.1 Å². The van der Waals surface area contributed by atoms with E-state index >= 15 is 0 Å². The van der Waals surface area contributed by atoms with E-state index < -0.39 is 0 Å². The first-order valence-electron chi connectivity index (χ1n) is 5.87. The van der Waals surface area contributed by atoms with Crippen molar-refractivity contribution < 1.29 is 4.79 Å². The number of thioether (sulfide) groups is 1. The number of anilines is 1. The van der Waals surface area contributed by atoms with Crippen LogP contribution in [0, 0.1) is 12.8 Å². The standard InChI is InChI=1S/C13H18N2OS/c1-9-2-4-11(5-3-9)15-12(13(14)16)10-6-7-17-8-10/h2-5,10,12,15H,6-8H2,1H3,(H2,14,16). The first kappa shape index (κ1) is 12.3. The molecular weight excluding hydrogens is 232 g/mol. The summed E-state index contributed by atoms with van der Waals surface area (Å²) in [6, 6.07) is 7.81. The van der Waals surface area contributed by atoms with Gasteiger partial charge in [-0.3, -0.25) is 4.79 Å². The van der Waals surface area contributed by atoms with Gasteiger partial charge in [0.25, 0.3) is 0 Å². The molecule has 2 unspecified atom stereocenters. The van der Waals surface area contributed by atoms with Crippen LogP contribution in [0.25, 0.3) is 0 Å². The summed E-state index contributed by atoms with van der Waals surface area (Å²) in [5, 5.41) is 3.26. The van der Waals surface area contributed by atoms with Crippen molar-refractivity contribution in [1.29, 1.82) is 0 Å². The zero-order valence-electron chi connectivity index (χ0n) is 9.98. The van der Waals surface area contributed by atoms with Gasteiger partial charge >= 0.3 is 0 Å². The van der Waals surface area contributed by atoms with Gasteiger partial charge in [0, 0.05) is 5.69 Å². The van der Waals surface area contributed by atoms with E-state index in [2.05, 4.69) is 5.32 Å². The van der Waals surface area contributed by atoms with E-state index in [4.69, 9.17) is 5.73 Å². The second kappa shape index (κ2) is 5.45. The van der Waals surface area contributed by atoms with E-state index in [9.17, 15) is 4.79 Å². The van der Waals surface area contributed by atoms with Gasteiger partial charge in [-0.15, -0.1) is 0 Å². The molecule has 1 amide bonds. The van der Waals surface area contributed by atoms with Crippen LogP contribution in [0.3, 0.4) is 0 Å². The number of benzene rings is 1. The van der Waals surface area contributed by atoms with Crippen molar-refractivity contribution in [2.75, 3.05) is 16.8 Å². The van der Waals surface area contributed by atoms with Crippen molar-refractivity contribution in [2.24, 2.45) is 11.7 Å². The summed E-state index contributed by atoms with van der Waals surface area (Å²) >= 11 is 1.89. The number of amides is 1. The van der Waals surface area contributed by atoms with Crippen LogP contribution >= 0.6 is 11.8 Å². The summed E-state index contributed by atoms with van der Waals surface area (Å²) in [6.07, 6.45) is 1.07. The molecule has 1 saturated heterocycles. The van der Waals surface area contributed by atoms with Crippen LogP contribution in [0.15, 0.2) is 24.3 Å². The summed E-state index contributed by atoms with van der Waals surface area (Å²) in [5.74, 6) is 2.26. The predicted molar refractivity (Wildman–Crippen MR) is 73.2 cm³/mol. The smallest absolute Gasteiger partial charge is 0.240 e. The molecule has 1 aliphatic rings. The number of carbonyl (C=O) groups is 1. The minimum Gasteiger partial charge on any atom is -0.373 e. The van der Waals surface area contributed by atoms with Crippen LogP contribution in [0.2, 0.25) is 0 Å². The maximum atomic E-state index is 11.5. The molecule has 17 heavy (non-hydrogen) atoms. The fraction of sp³-hybridized carbons (Fsp3) is 0.462. The minimum atomic E-state index is -0.252. The zero-order chi connectivity index (χ0) is 12.3. The van der Waals surface area contributed by atoms with Gasteiger partial charge in [-0.25, -0.2) is 0 Å². The lowest BCUT2D eigenvalue weighted by molar-refractivity contribution is -0.119. The molecule has 1 aromatic rings. The van der Waals surface area contributed by atoms with E-state index in [0.717, 1.165) is 23.6 Å². The normalized spacial score (nSPS) is 21.1. The Morgan fingerprint density at radius 2 is 2.18 bits per heavy atom. The third-order valence-electron chi connectivity index (χ3n) is 3.12. The lowest BCUT2D eigenvalue weighted by Gasteiger charge is -2.22. The second-order valence-corrected chi connectivity index (χ2v) is 5.66. The van der Waals surface area contributed by atoms with Crippen LogP contribution in [0.1, 0.15) is 12.0 Å². The molecule has 3 N–H and O–H groups in total. The maximum absolute atomic E-state index is 11.5. The lowest BCUT2D eigenvalue weighted by Crippen LogP contribution is -2.41. The lowest BCUT2D eigenvalue weighted by atomic mass is 9.98. The summed E-state index contributed by atoms with van der Waals surface area (Å²) in [6.45, 7) is 2.04. The average Bonchev–Trinajstić information content (AvgIpc) is 2.81. The SMILES string of the molecule is Cc1ccc(NC(C(N)=O)C2CCSC2)cc1. The van der Waals surface area contributed by atoms with Gasteiger partial charge in [0.1, 0.15) is 6.04 Å². The zero-order valence-corrected chi connectivity index (χ0v) is 10.8. The molecular formula is C13H18N2OS. The number of primary amides is 1. The maximum Gasteiger partial charge on any atom is 0.240 e. The van der Waals surface area contributed by atoms with Crippen LogP contribution < -0.4 is 11.1 Å². The van der Waals surface area contributed by atoms with Crippen molar-refractivity contribution in [2.45, 2.75) is 19.4 Å². The number of hydrogen-bond acceptors (Lipinski definition) is 3. The van der Waals surface area contributed by atoms with E-state index in [-0.39, 0.29) is 11.9 Å². The molecule has 2 rings (SSSR count). The molecule has 0 bridgehead atoms. The molecule has 3 nitrogen and oxygen atoms in total. The topological polar surface area (TPSA) is 55.1 Å². The second-order valence-electron chi connectivity index (χ2n) is 4.51. The highest BCUT2D eigenvalue weighted by molar-refractivity contribution is 7.99. The van der Waals surface area contributed by atoms with Crippen LogP contribution in [0.5, 0.6) is 0 Å². The highest BCUT2D eigenvalue weighted by Crippen LogP contribution is 2.28. The number of rotatable bonds is 4. The van der Waals surface area contributed by atoms with Crippen LogP contribution in [-0.4, -0.2) is 23.5 Å². The number of carbonyl (C=O) groups excluding carboxylic acids is 1. The van der Waals surface area contributed by atoms with Crippen molar-refractivity contribution in [3.05, 3.63) is 29.8 Å². The number of hydrogen-bond donors (Lipinski definition) is 2. The van der Waals surface area contributed by atoms with Crippen LogP contribution in [-0.2, 0) is 4.79 Å². The minimum absolute atomic E-state index is 0.243. The fourth-order valence-electron chi connectivity index (χ4n) is 2.07. The predicted octanol–water partition coefficient (Wildman–Crippen LogP) is 2.01. The first-order valence-corrected chi connectivity index (χ1v) is 7.02. The largest absolute Gasteiger partial charge is 0.373 e. The van der Waals surface area contributed by atoms with Crippen molar-refractivity contribution in [1.82, 2.24) is 0 Å². The average molecular weight is 250 g/mol. The molecule has 92 valence electrons. The quantitative estimate of drug-likeness (QED) is 0.859. The Balaban J connectivity index is 2.06. The van der Waals surface area contributed by atoms with Gasteiger partial charge in [-0.2, -0.15) is 11.8 Å². The van der Waals surface area contributed by atoms with Gasteiger partial charge in [0.2, 0.25) is 5.91 Å². The molecule has 0 saturated carbocycles. The molecule has 0 aromatic heterocycles. The number of nitrogens with one attached hydrogen (secondary N) is 1. The third kappa shape index (κ3) is 3.16. The van der Waals surface area contributed by atoms with Crippen molar-refractivity contribution in [3.8, 4) is 0 Å². The highest BCUT2D eigenvalue weighted by Gasteiger charge is 2.29. The molecule has 4 heteroatoms. The Labute approximate surface area is 106 Å². The Bertz CT molecular complexity index is 385. The summed E-state index contributed by atoms with van der Waals surface area (Å²) in [7, 11) is 0. The molecule has 0 spiro atoms. The van der Waals surface area contributed by atoms with Crippen molar-refractivity contribution >= 4 is 23.4 Å². The van der Waals surface area contributed by atoms with E-state index in [0.29, 0.717) is 5.92 Å². The Hall–Kier alpha value is -1.16. The Morgan fingerprint density at radius 3 is 2.71 bits per heavy atom. The Kier molecular flexibility index (Phi) is 3.94. The summed E-state index contributed by atoms with van der Waals surface area (Å²) < 4.78 is 0. The molecule has 0 radical (unpaired) electrons. The summed E-state index contributed by atoms with van der Waals surface area (Å²) in [5.41, 5.74) is 7.66. The third-order valence-corrected chi connectivity index (χ3v) is 4.30. The summed E-state index contributed by atoms with van der Waals surface area (Å²) in [4.78, 5) is 11.5. The van der Waals surface area contributed by atoms with E-state index in [1.165, 1.54) is 5.56 Å². The van der Waals surface area contributed by atoms with Gasteiger partial charge in [0.15, 0.2) is 0 Å². The number of nitrogens with two attached hydrogens (primary N) is 1. The number of aryl methyl sites for hydroxylation is 1. The Morgan fingerprint density at radius 1 is 1.47 bits per heavy atom. The van der Waals surface area contributed by atoms with Crippen LogP contribution in [0.4, 0.5) is 5.69 Å². The molecule has 1 fully saturated rings.